The molecule has 0 bridgehead atoms. The van der Waals surface area contributed by atoms with E-state index in [1.807, 2.05) is 11.5 Å². The zero-order chi connectivity index (χ0) is 13.9. The van der Waals surface area contributed by atoms with E-state index < -0.39 is 5.91 Å². The van der Waals surface area contributed by atoms with Gasteiger partial charge in [0.25, 0.3) is 5.91 Å². The molecular formula is C12H15N7O. The smallest absolute Gasteiger partial charge is 0.285 e. The number of hydrogen-bond donors (Lipinski definition) is 2. The third-order valence-corrected chi connectivity index (χ3v) is 3.26. The summed E-state index contributed by atoms with van der Waals surface area (Å²) in [5.74, 6) is 6.15. The molecule has 104 valence electrons. The van der Waals surface area contributed by atoms with Gasteiger partial charge in [-0.1, -0.05) is 0 Å². The molecule has 0 radical (unpaired) electrons. The Kier molecular flexibility index (Phi) is 3.30. The Balaban J connectivity index is 1.88. The van der Waals surface area contributed by atoms with Crippen LogP contribution in [0.15, 0.2) is 24.7 Å². The largest absolute Gasteiger partial charge is 0.356 e. The Hall–Kier alpha value is -2.48. The van der Waals surface area contributed by atoms with Crippen LogP contribution >= 0.6 is 0 Å². The molecule has 0 spiro atoms. The van der Waals surface area contributed by atoms with Crippen molar-refractivity contribution in [3.8, 4) is 5.82 Å². The minimum Gasteiger partial charge on any atom is -0.356 e. The average Bonchev–Trinajstić information content (AvgIpc) is 3.18. The predicted molar refractivity (Wildman–Crippen MR) is 72.3 cm³/mol. The molecule has 2 aromatic heterocycles. The molecule has 1 aliphatic heterocycles. The van der Waals surface area contributed by atoms with Crippen LogP contribution in [0, 0.1) is 0 Å². The second-order valence-corrected chi connectivity index (χ2v) is 4.55. The van der Waals surface area contributed by atoms with E-state index in [1.165, 1.54) is 23.9 Å². The number of nitrogens with one attached hydrogen (secondary N) is 1. The van der Waals surface area contributed by atoms with Crippen LogP contribution in [0.5, 0.6) is 0 Å². The maximum atomic E-state index is 11.4. The van der Waals surface area contributed by atoms with Crippen LogP contribution in [0.3, 0.4) is 0 Å². The van der Waals surface area contributed by atoms with Gasteiger partial charge in [0.05, 0.1) is 0 Å². The number of anilines is 1. The van der Waals surface area contributed by atoms with Crippen molar-refractivity contribution in [2.75, 3.05) is 18.0 Å². The molecule has 8 nitrogen and oxygen atoms in total. The first-order valence-corrected chi connectivity index (χ1v) is 6.42. The van der Waals surface area contributed by atoms with E-state index in [9.17, 15) is 4.79 Å². The Bertz CT molecular complexity index is 618. The first-order chi connectivity index (χ1) is 9.78. The van der Waals surface area contributed by atoms with E-state index in [2.05, 4.69) is 20.0 Å². The number of hydrazine groups is 1. The number of nitrogens with zero attached hydrogens (tertiary/aromatic N) is 5. The van der Waals surface area contributed by atoms with E-state index in [-0.39, 0.29) is 5.69 Å². The molecule has 3 heterocycles. The molecule has 1 saturated heterocycles. The zero-order valence-electron chi connectivity index (χ0n) is 10.9. The highest BCUT2D eigenvalue weighted by molar-refractivity contribution is 5.91. The van der Waals surface area contributed by atoms with Crippen molar-refractivity contribution in [3.63, 3.8) is 0 Å². The first-order valence-electron chi connectivity index (χ1n) is 6.42. The van der Waals surface area contributed by atoms with E-state index in [0.29, 0.717) is 5.82 Å². The monoisotopic (exact) mass is 273 g/mol. The summed E-state index contributed by atoms with van der Waals surface area (Å²) in [6.45, 7) is 2.02. The molecular weight excluding hydrogens is 258 g/mol. The lowest BCUT2D eigenvalue weighted by Gasteiger charge is -2.16. The lowest BCUT2D eigenvalue weighted by atomic mass is 10.4. The van der Waals surface area contributed by atoms with Crippen LogP contribution in [-0.2, 0) is 0 Å². The molecule has 20 heavy (non-hydrogen) atoms. The van der Waals surface area contributed by atoms with Gasteiger partial charge in [-0.2, -0.15) is 5.10 Å². The summed E-state index contributed by atoms with van der Waals surface area (Å²) < 4.78 is 1.53. The van der Waals surface area contributed by atoms with Gasteiger partial charge in [0.2, 0.25) is 0 Å². The van der Waals surface area contributed by atoms with Crippen molar-refractivity contribution in [1.82, 2.24) is 25.2 Å². The lowest BCUT2D eigenvalue weighted by Crippen LogP contribution is -2.30. The van der Waals surface area contributed by atoms with Gasteiger partial charge in [0.1, 0.15) is 12.1 Å². The third-order valence-electron chi connectivity index (χ3n) is 3.26. The molecule has 0 atom stereocenters. The van der Waals surface area contributed by atoms with Crippen LogP contribution in [0.4, 0.5) is 5.82 Å². The summed E-state index contributed by atoms with van der Waals surface area (Å²) in [5.41, 5.74) is 2.29. The Morgan fingerprint density at radius 2 is 2.00 bits per heavy atom. The SMILES string of the molecule is NNC(=O)c1ccn(-c2cc(N3CCCC3)ncn2)n1. The van der Waals surface area contributed by atoms with Crippen molar-refractivity contribution in [2.24, 2.45) is 5.84 Å². The van der Waals surface area contributed by atoms with Crippen molar-refractivity contribution in [3.05, 3.63) is 30.4 Å². The minimum absolute atomic E-state index is 0.244. The van der Waals surface area contributed by atoms with Gasteiger partial charge in [0, 0.05) is 25.4 Å². The van der Waals surface area contributed by atoms with Gasteiger partial charge in [-0.25, -0.2) is 20.5 Å². The van der Waals surface area contributed by atoms with Gasteiger partial charge >= 0.3 is 0 Å². The van der Waals surface area contributed by atoms with Crippen molar-refractivity contribution >= 4 is 11.7 Å². The fourth-order valence-electron chi connectivity index (χ4n) is 2.23. The number of amides is 1. The fourth-order valence-corrected chi connectivity index (χ4v) is 2.23. The van der Waals surface area contributed by atoms with Crippen LogP contribution in [0.1, 0.15) is 23.3 Å². The number of carbonyl (C=O) groups excluding carboxylic acids is 1. The predicted octanol–water partition coefficient (Wildman–Crippen LogP) is -0.134. The topological polar surface area (TPSA) is 102 Å². The van der Waals surface area contributed by atoms with Crippen LogP contribution < -0.4 is 16.2 Å². The van der Waals surface area contributed by atoms with E-state index >= 15 is 0 Å². The minimum atomic E-state index is -0.433. The van der Waals surface area contributed by atoms with Crippen molar-refractivity contribution in [2.45, 2.75) is 12.8 Å². The number of aromatic nitrogens is 4. The zero-order valence-corrected chi connectivity index (χ0v) is 10.9. The molecule has 2 aromatic rings. The number of rotatable bonds is 3. The van der Waals surface area contributed by atoms with E-state index in [4.69, 9.17) is 5.84 Å². The molecule has 1 fully saturated rings. The summed E-state index contributed by atoms with van der Waals surface area (Å²) in [5, 5.41) is 4.13. The van der Waals surface area contributed by atoms with Gasteiger partial charge in [-0.05, 0) is 18.9 Å². The standard InChI is InChI=1S/C12H15N7O/c13-16-12(20)9-3-6-19(17-9)11-7-10(14-8-15-11)18-4-1-2-5-18/h3,6-8H,1-2,4-5,13H2,(H,16,20). The summed E-state index contributed by atoms with van der Waals surface area (Å²) in [6.07, 6.45) is 5.54. The maximum absolute atomic E-state index is 11.4. The third kappa shape index (κ3) is 2.32. The molecule has 0 unspecified atom stereocenters. The van der Waals surface area contributed by atoms with E-state index in [1.54, 1.807) is 12.3 Å². The van der Waals surface area contributed by atoms with Crippen LogP contribution in [-0.4, -0.2) is 38.7 Å². The molecule has 8 heteroatoms. The second-order valence-electron chi connectivity index (χ2n) is 4.55. The van der Waals surface area contributed by atoms with Gasteiger partial charge in [0.15, 0.2) is 11.5 Å². The quantitative estimate of drug-likeness (QED) is 0.459. The van der Waals surface area contributed by atoms with Gasteiger partial charge in [-0.3, -0.25) is 10.2 Å². The van der Waals surface area contributed by atoms with Gasteiger partial charge in [-0.15, -0.1) is 0 Å². The Morgan fingerprint density at radius 1 is 1.25 bits per heavy atom. The number of hydrogen-bond acceptors (Lipinski definition) is 6. The highest BCUT2D eigenvalue weighted by Crippen LogP contribution is 2.18. The normalized spacial score (nSPS) is 14.6. The highest BCUT2D eigenvalue weighted by Gasteiger charge is 2.15. The van der Waals surface area contributed by atoms with E-state index in [0.717, 1.165) is 18.9 Å². The molecule has 0 aliphatic carbocycles. The molecule has 0 aromatic carbocycles. The second kappa shape index (κ2) is 5.25. The average molecular weight is 273 g/mol. The Labute approximate surface area is 115 Å². The number of nitrogens with two attached hydrogens (primary N) is 1. The van der Waals surface area contributed by atoms with Crippen molar-refractivity contribution < 1.29 is 4.79 Å². The fraction of sp³-hybridized carbons (Fsp3) is 0.333. The highest BCUT2D eigenvalue weighted by atomic mass is 16.2. The van der Waals surface area contributed by atoms with Crippen LogP contribution in [0.2, 0.25) is 0 Å². The molecule has 3 N–H and O–H groups in total. The molecule has 1 amide bonds. The molecule has 3 rings (SSSR count). The summed E-state index contributed by atoms with van der Waals surface area (Å²) in [6, 6.07) is 3.45. The van der Waals surface area contributed by atoms with Crippen LogP contribution in [0.25, 0.3) is 5.82 Å². The summed E-state index contributed by atoms with van der Waals surface area (Å²) in [4.78, 5) is 22.1. The van der Waals surface area contributed by atoms with Crippen molar-refractivity contribution in [1.29, 1.82) is 0 Å². The Morgan fingerprint density at radius 3 is 2.75 bits per heavy atom. The number of nitrogen functional groups attached to an aromatic ring is 1. The molecule has 0 saturated carbocycles. The summed E-state index contributed by atoms with van der Waals surface area (Å²) in [7, 11) is 0. The molecule has 1 aliphatic rings. The lowest BCUT2D eigenvalue weighted by molar-refractivity contribution is 0.0948. The van der Waals surface area contributed by atoms with Gasteiger partial charge < -0.3 is 4.90 Å². The first kappa shape index (κ1) is 12.5. The number of carbonyl (C=O) groups is 1. The maximum Gasteiger partial charge on any atom is 0.285 e. The summed E-state index contributed by atoms with van der Waals surface area (Å²) >= 11 is 0.